The van der Waals surface area contributed by atoms with E-state index in [1.54, 1.807) is 18.2 Å². The number of methoxy groups -OCH3 is 1. The summed E-state index contributed by atoms with van der Waals surface area (Å²) in [6.07, 6.45) is 0. The van der Waals surface area contributed by atoms with Gasteiger partial charge in [0.05, 0.1) is 0 Å². The summed E-state index contributed by atoms with van der Waals surface area (Å²) in [7, 11) is 1.02. The molecule has 0 amide bonds. The van der Waals surface area contributed by atoms with Gasteiger partial charge in [0, 0.05) is 12.7 Å². The first kappa shape index (κ1) is 9.67. The van der Waals surface area contributed by atoms with Gasteiger partial charge in [-0.1, -0.05) is 30.3 Å². The minimum absolute atomic E-state index is 0.0231. The van der Waals surface area contributed by atoms with Crippen molar-refractivity contribution in [3.8, 4) is 0 Å². The minimum atomic E-state index is -2.75. The van der Waals surface area contributed by atoms with E-state index in [-0.39, 0.29) is 5.56 Å². The maximum atomic E-state index is 13.6. The number of carboxylic acids is 1. The van der Waals surface area contributed by atoms with E-state index in [9.17, 15) is 9.18 Å². The molecule has 0 saturated carbocycles. The molecule has 0 fully saturated rings. The summed E-state index contributed by atoms with van der Waals surface area (Å²) in [5.41, 5.74) is -0.0231. The molecule has 1 rings (SSSR count). The summed E-state index contributed by atoms with van der Waals surface area (Å²) in [6.45, 7) is 0. The molecule has 70 valence electrons. The second-order valence-electron chi connectivity index (χ2n) is 2.47. The van der Waals surface area contributed by atoms with Crippen LogP contribution in [-0.4, -0.2) is 18.2 Å². The molecule has 0 radical (unpaired) electrons. The lowest BCUT2D eigenvalue weighted by molar-refractivity contribution is -0.191. The van der Waals surface area contributed by atoms with Crippen LogP contribution in [0.4, 0.5) is 4.39 Å². The molecule has 3 nitrogen and oxygen atoms in total. The third kappa shape index (κ3) is 1.67. The van der Waals surface area contributed by atoms with Crippen molar-refractivity contribution in [3.63, 3.8) is 0 Å². The summed E-state index contributed by atoms with van der Waals surface area (Å²) in [5.74, 6) is -4.40. The van der Waals surface area contributed by atoms with Gasteiger partial charge in [0.25, 0.3) is 0 Å². The van der Waals surface area contributed by atoms with Crippen LogP contribution in [0.15, 0.2) is 30.3 Å². The Bertz CT molecular complexity index is 299. The molecule has 1 aromatic carbocycles. The number of hydrogen-bond donors (Lipinski definition) is 1. The lowest BCUT2D eigenvalue weighted by Crippen LogP contribution is -2.32. The first-order chi connectivity index (χ1) is 6.11. The van der Waals surface area contributed by atoms with Crippen molar-refractivity contribution < 1.29 is 19.0 Å². The lowest BCUT2D eigenvalue weighted by atomic mass is 10.1. The fraction of sp³-hybridized carbons (Fsp3) is 0.222. The smallest absolute Gasteiger partial charge is 0.374 e. The molecular weight excluding hydrogens is 175 g/mol. The minimum Gasteiger partial charge on any atom is -0.477 e. The Hall–Kier alpha value is -1.42. The summed E-state index contributed by atoms with van der Waals surface area (Å²) < 4.78 is 17.9. The van der Waals surface area contributed by atoms with Crippen LogP contribution in [-0.2, 0) is 15.4 Å². The number of benzene rings is 1. The van der Waals surface area contributed by atoms with Gasteiger partial charge < -0.3 is 9.84 Å². The van der Waals surface area contributed by atoms with E-state index in [1.165, 1.54) is 12.1 Å². The van der Waals surface area contributed by atoms with E-state index in [0.29, 0.717) is 0 Å². The molecule has 1 atom stereocenters. The van der Waals surface area contributed by atoms with Gasteiger partial charge in [0.15, 0.2) is 0 Å². The standard InChI is InChI=1S/C9H9FO3/c1-13-9(10,8(11)12)7-5-3-2-4-6-7/h2-6H,1H3,(H,11,12). The zero-order valence-corrected chi connectivity index (χ0v) is 7.03. The number of hydrogen-bond acceptors (Lipinski definition) is 2. The Morgan fingerprint density at radius 3 is 2.38 bits per heavy atom. The van der Waals surface area contributed by atoms with E-state index in [4.69, 9.17) is 5.11 Å². The van der Waals surface area contributed by atoms with E-state index < -0.39 is 11.8 Å². The van der Waals surface area contributed by atoms with Crippen molar-refractivity contribution in [1.29, 1.82) is 0 Å². The topological polar surface area (TPSA) is 46.5 Å². The van der Waals surface area contributed by atoms with Crippen LogP contribution in [0.1, 0.15) is 5.56 Å². The second-order valence-corrected chi connectivity index (χ2v) is 2.47. The van der Waals surface area contributed by atoms with Crippen LogP contribution in [0.3, 0.4) is 0 Å². The average molecular weight is 184 g/mol. The number of rotatable bonds is 3. The molecule has 13 heavy (non-hydrogen) atoms. The molecule has 1 N–H and O–H groups in total. The third-order valence-corrected chi connectivity index (χ3v) is 1.70. The van der Waals surface area contributed by atoms with E-state index in [2.05, 4.69) is 4.74 Å². The van der Waals surface area contributed by atoms with Crippen LogP contribution in [0.2, 0.25) is 0 Å². The fourth-order valence-electron chi connectivity index (χ4n) is 0.981. The molecule has 1 unspecified atom stereocenters. The maximum Gasteiger partial charge on any atom is 0.374 e. The fourth-order valence-corrected chi connectivity index (χ4v) is 0.981. The van der Waals surface area contributed by atoms with Gasteiger partial charge in [0.1, 0.15) is 0 Å². The number of halogens is 1. The molecule has 1 aromatic rings. The zero-order chi connectivity index (χ0) is 9.90. The van der Waals surface area contributed by atoms with Gasteiger partial charge in [-0.3, -0.25) is 0 Å². The SMILES string of the molecule is COC(F)(C(=O)O)c1ccccc1. The normalized spacial score (nSPS) is 14.9. The first-order valence-corrected chi connectivity index (χ1v) is 3.64. The van der Waals surface area contributed by atoms with Crippen molar-refractivity contribution in [2.75, 3.05) is 7.11 Å². The molecule has 0 heterocycles. The Morgan fingerprint density at radius 1 is 1.46 bits per heavy atom. The van der Waals surface area contributed by atoms with Crippen LogP contribution < -0.4 is 0 Å². The van der Waals surface area contributed by atoms with Crippen molar-refractivity contribution in [2.24, 2.45) is 0 Å². The van der Waals surface area contributed by atoms with Gasteiger partial charge in [-0.2, -0.15) is 4.39 Å². The Balaban J connectivity index is 3.11. The Morgan fingerprint density at radius 2 is 2.00 bits per heavy atom. The van der Waals surface area contributed by atoms with Crippen LogP contribution in [0, 0.1) is 0 Å². The zero-order valence-electron chi connectivity index (χ0n) is 7.03. The molecule has 4 heteroatoms. The van der Waals surface area contributed by atoms with Crippen LogP contribution >= 0.6 is 0 Å². The number of carbonyl (C=O) groups is 1. The summed E-state index contributed by atoms with van der Waals surface area (Å²) >= 11 is 0. The van der Waals surface area contributed by atoms with Crippen molar-refractivity contribution in [2.45, 2.75) is 5.85 Å². The Kier molecular flexibility index (Phi) is 2.63. The highest BCUT2D eigenvalue weighted by atomic mass is 19.2. The summed E-state index contributed by atoms with van der Waals surface area (Å²) in [6, 6.07) is 7.48. The van der Waals surface area contributed by atoms with Gasteiger partial charge >= 0.3 is 11.8 Å². The molecule has 0 bridgehead atoms. The Labute approximate surface area is 74.8 Å². The first-order valence-electron chi connectivity index (χ1n) is 3.64. The number of carboxylic acid groups (broad SMARTS) is 1. The molecule has 0 aliphatic heterocycles. The molecule has 0 saturated heterocycles. The van der Waals surface area contributed by atoms with Gasteiger partial charge in [0.2, 0.25) is 0 Å². The number of aliphatic carboxylic acids is 1. The lowest BCUT2D eigenvalue weighted by Gasteiger charge is -2.18. The predicted molar refractivity (Wildman–Crippen MR) is 43.9 cm³/mol. The quantitative estimate of drug-likeness (QED) is 0.775. The summed E-state index contributed by atoms with van der Waals surface area (Å²) in [4.78, 5) is 10.6. The number of alkyl halides is 1. The van der Waals surface area contributed by atoms with E-state index in [1.807, 2.05) is 0 Å². The van der Waals surface area contributed by atoms with Crippen molar-refractivity contribution in [1.82, 2.24) is 0 Å². The van der Waals surface area contributed by atoms with Crippen molar-refractivity contribution >= 4 is 5.97 Å². The van der Waals surface area contributed by atoms with Gasteiger partial charge in [-0.15, -0.1) is 0 Å². The predicted octanol–water partition coefficient (Wildman–Crippen LogP) is 1.54. The second kappa shape index (κ2) is 3.53. The monoisotopic (exact) mass is 184 g/mol. The highest BCUT2D eigenvalue weighted by Gasteiger charge is 2.40. The van der Waals surface area contributed by atoms with Gasteiger partial charge in [-0.25, -0.2) is 4.79 Å². The highest BCUT2D eigenvalue weighted by molar-refractivity contribution is 5.77. The summed E-state index contributed by atoms with van der Waals surface area (Å²) in [5, 5.41) is 8.59. The molecule has 0 aromatic heterocycles. The van der Waals surface area contributed by atoms with Crippen LogP contribution in [0.5, 0.6) is 0 Å². The molecular formula is C9H9FO3. The van der Waals surface area contributed by atoms with Crippen LogP contribution in [0.25, 0.3) is 0 Å². The number of ether oxygens (including phenoxy) is 1. The average Bonchev–Trinajstić information content (AvgIpc) is 2.17. The molecule has 0 spiro atoms. The maximum absolute atomic E-state index is 13.6. The van der Waals surface area contributed by atoms with E-state index in [0.717, 1.165) is 7.11 Å². The van der Waals surface area contributed by atoms with E-state index >= 15 is 0 Å². The highest BCUT2D eigenvalue weighted by Crippen LogP contribution is 2.26. The largest absolute Gasteiger partial charge is 0.477 e. The third-order valence-electron chi connectivity index (χ3n) is 1.70. The molecule has 0 aliphatic carbocycles. The molecule has 0 aliphatic rings. The van der Waals surface area contributed by atoms with Gasteiger partial charge in [-0.05, 0) is 0 Å². The van der Waals surface area contributed by atoms with Crippen molar-refractivity contribution in [3.05, 3.63) is 35.9 Å².